The number of nitrogens with one attached hydrogen (secondary N) is 1. The van der Waals surface area contributed by atoms with Gasteiger partial charge >= 0.3 is 0 Å². The summed E-state index contributed by atoms with van der Waals surface area (Å²) in [5.41, 5.74) is 7.70. The minimum absolute atomic E-state index is 0.263. The van der Waals surface area contributed by atoms with Crippen molar-refractivity contribution in [2.45, 2.75) is 26.3 Å². The van der Waals surface area contributed by atoms with Gasteiger partial charge in [-0.15, -0.1) is 0 Å². The molecule has 0 rings (SSSR count). The number of nitrogens with two attached hydrogens (primary N) is 1. The lowest BCUT2D eigenvalue weighted by atomic mass is 10.0. The maximum atomic E-state index is 10.9. The first kappa shape index (κ1) is 10.4. The van der Waals surface area contributed by atoms with Crippen LogP contribution in [0.25, 0.3) is 0 Å². The van der Waals surface area contributed by atoms with Crippen LogP contribution >= 0.6 is 0 Å². The molecule has 0 saturated carbocycles. The average Bonchev–Trinajstić information content (AvgIpc) is 1.86. The van der Waals surface area contributed by atoms with Crippen molar-refractivity contribution >= 4 is 5.91 Å². The molecule has 0 aromatic rings. The van der Waals surface area contributed by atoms with E-state index >= 15 is 0 Å². The van der Waals surface area contributed by atoms with Crippen LogP contribution in [0.4, 0.5) is 0 Å². The molecule has 0 aromatic heterocycles. The van der Waals surface area contributed by atoms with Crippen LogP contribution in [0.3, 0.4) is 0 Å². The van der Waals surface area contributed by atoms with E-state index in [2.05, 4.69) is 10.3 Å². The monoisotopic (exact) mass is 160 g/mol. The lowest BCUT2D eigenvalue weighted by Gasteiger charge is -2.12. The summed E-state index contributed by atoms with van der Waals surface area (Å²) in [7, 11) is 1.39. The molecule has 0 unspecified atom stereocenters. The van der Waals surface area contributed by atoms with Gasteiger partial charge in [0.25, 0.3) is 5.91 Å². The van der Waals surface area contributed by atoms with Crippen LogP contribution in [0.5, 0.6) is 0 Å². The van der Waals surface area contributed by atoms with E-state index in [0.29, 0.717) is 12.3 Å². The van der Waals surface area contributed by atoms with E-state index in [0.717, 1.165) is 0 Å². The topological polar surface area (TPSA) is 64.3 Å². The smallest absolute Gasteiger partial charge is 0.260 e. The molecule has 1 amide bonds. The van der Waals surface area contributed by atoms with Gasteiger partial charge in [0.15, 0.2) is 0 Å². The Bertz CT molecular complexity index is 126. The van der Waals surface area contributed by atoms with E-state index in [-0.39, 0.29) is 5.91 Å². The highest BCUT2D eigenvalue weighted by Gasteiger charge is 2.13. The van der Waals surface area contributed by atoms with Crippen LogP contribution < -0.4 is 11.2 Å². The molecule has 1 atom stereocenters. The van der Waals surface area contributed by atoms with Gasteiger partial charge in [-0.05, 0) is 12.3 Å². The van der Waals surface area contributed by atoms with Gasteiger partial charge < -0.3 is 5.73 Å². The van der Waals surface area contributed by atoms with E-state index in [1.165, 1.54) is 7.11 Å². The van der Waals surface area contributed by atoms with E-state index in [1.54, 1.807) is 0 Å². The summed E-state index contributed by atoms with van der Waals surface area (Å²) in [6.07, 6.45) is 0.676. The van der Waals surface area contributed by atoms with Crippen LogP contribution in [0.1, 0.15) is 20.3 Å². The Hall–Kier alpha value is -0.610. The lowest BCUT2D eigenvalue weighted by Crippen LogP contribution is -2.40. The van der Waals surface area contributed by atoms with Crippen LogP contribution in [0.15, 0.2) is 0 Å². The molecule has 0 aliphatic carbocycles. The van der Waals surface area contributed by atoms with Gasteiger partial charge in [-0.1, -0.05) is 13.8 Å². The highest BCUT2D eigenvalue weighted by atomic mass is 16.6. The molecule has 0 aromatic carbocycles. The quantitative estimate of drug-likeness (QED) is 0.570. The Morgan fingerprint density at radius 3 is 2.55 bits per heavy atom. The number of amides is 1. The number of carbonyl (C=O) groups excluding carboxylic acids is 1. The summed E-state index contributed by atoms with van der Waals surface area (Å²) in [5.74, 6) is 0.161. The molecule has 0 bridgehead atoms. The highest BCUT2D eigenvalue weighted by molar-refractivity contribution is 5.80. The third kappa shape index (κ3) is 4.75. The second-order valence-corrected chi connectivity index (χ2v) is 2.91. The summed E-state index contributed by atoms with van der Waals surface area (Å²) < 4.78 is 0. The van der Waals surface area contributed by atoms with Crippen LogP contribution in [-0.2, 0) is 9.63 Å². The summed E-state index contributed by atoms with van der Waals surface area (Å²) in [6.45, 7) is 4.03. The minimum atomic E-state index is -0.463. The lowest BCUT2D eigenvalue weighted by molar-refractivity contribution is -0.133. The molecule has 66 valence electrons. The fourth-order valence-electron chi connectivity index (χ4n) is 0.791. The number of hydroxylamine groups is 1. The maximum Gasteiger partial charge on any atom is 0.260 e. The van der Waals surface area contributed by atoms with E-state index in [1.807, 2.05) is 13.8 Å². The molecule has 0 fully saturated rings. The Morgan fingerprint density at radius 1 is 1.64 bits per heavy atom. The first-order valence-corrected chi connectivity index (χ1v) is 3.66. The molecule has 0 aliphatic rings. The fraction of sp³-hybridized carbons (Fsp3) is 0.857. The fourth-order valence-corrected chi connectivity index (χ4v) is 0.791. The summed E-state index contributed by atoms with van der Waals surface area (Å²) in [6, 6.07) is -0.463. The van der Waals surface area contributed by atoms with Crippen molar-refractivity contribution < 1.29 is 9.63 Å². The van der Waals surface area contributed by atoms with E-state index in [9.17, 15) is 4.79 Å². The molecule has 0 radical (unpaired) electrons. The van der Waals surface area contributed by atoms with Gasteiger partial charge in [0, 0.05) is 0 Å². The third-order valence-corrected chi connectivity index (χ3v) is 1.26. The van der Waals surface area contributed by atoms with Gasteiger partial charge in [0.2, 0.25) is 0 Å². The molecule has 4 heteroatoms. The molecule has 0 aliphatic heterocycles. The predicted octanol–water partition coefficient (Wildman–Crippen LogP) is 0.0374. The Labute approximate surface area is 67.0 Å². The number of rotatable bonds is 4. The molecular formula is C7H16N2O2. The zero-order valence-corrected chi connectivity index (χ0v) is 7.26. The Balaban J connectivity index is 3.64. The van der Waals surface area contributed by atoms with Crippen molar-refractivity contribution in [3.05, 3.63) is 0 Å². The average molecular weight is 160 g/mol. The van der Waals surface area contributed by atoms with Crippen LogP contribution in [0.2, 0.25) is 0 Å². The molecule has 0 saturated heterocycles. The molecule has 0 spiro atoms. The highest BCUT2D eigenvalue weighted by Crippen LogP contribution is 2.01. The molecule has 3 N–H and O–H groups in total. The number of hydrogen-bond acceptors (Lipinski definition) is 3. The van der Waals surface area contributed by atoms with Crippen molar-refractivity contribution in [3.63, 3.8) is 0 Å². The number of carbonyl (C=O) groups is 1. The number of hydrogen-bond donors (Lipinski definition) is 2. The van der Waals surface area contributed by atoms with Gasteiger partial charge in [0.1, 0.15) is 0 Å². The normalized spacial score (nSPS) is 13.2. The summed E-state index contributed by atoms with van der Waals surface area (Å²) >= 11 is 0. The standard InChI is InChI=1S/C7H16N2O2/c1-5(2)4-6(8)7(10)9-11-3/h5-6H,4,8H2,1-3H3,(H,9,10)/t6-/m0/s1. The van der Waals surface area contributed by atoms with Gasteiger partial charge in [-0.25, -0.2) is 5.48 Å². The Kier molecular flexibility index (Phi) is 4.81. The van der Waals surface area contributed by atoms with Crippen LogP contribution in [0, 0.1) is 5.92 Å². The SMILES string of the molecule is CONC(=O)[C@@H](N)CC(C)C. The predicted molar refractivity (Wildman–Crippen MR) is 42.6 cm³/mol. The molecular weight excluding hydrogens is 144 g/mol. The molecule has 4 nitrogen and oxygen atoms in total. The Morgan fingerprint density at radius 2 is 2.18 bits per heavy atom. The second kappa shape index (κ2) is 5.09. The van der Waals surface area contributed by atoms with Crippen molar-refractivity contribution in [2.75, 3.05) is 7.11 Å². The second-order valence-electron chi connectivity index (χ2n) is 2.91. The first-order chi connectivity index (χ1) is 5.07. The molecule has 0 heterocycles. The zero-order valence-electron chi connectivity index (χ0n) is 7.26. The van der Waals surface area contributed by atoms with Crippen molar-refractivity contribution in [1.82, 2.24) is 5.48 Å². The van der Waals surface area contributed by atoms with Crippen molar-refractivity contribution in [2.24, 2.45) is 11.7 Å². The summed E-state index contributed by atoms with van der Waals surface area (Å²) in [5, 5.41) is 0. The zero-order chi connectivity index (χ0) is 8.85. The van der Waals surface area contributed by atoms with Gasteiger partial charge in [-0.3, -0.25) is 9.63 Å². The van der Waals surface area contributed by atoms with Crippen molar-refractivity contribution in [1.29, 1.82) is 0 Å². The van der Waals surface area contributed by atoms with Crippen LogP contribution in [-0.4, -0.2) is 19.1 Å². The largest absolute Gasteiger partial charge is 0.320 e. The summed E-state index contributed by atoms with van der Waals surface area (Å²) in [4.78, 5) is 15.3. The maximum absolute atomic E-state index is 10.9. The van der Waals surface area contributed by atoms with E-state index in [4.69, 9.17) is 5.73 Å². The van der Waals surface area contributed by atoms with Gasteiger partial charge in [-0.2, -0.15) is 0 Å². The third-order valence-electron chi connectivity index (χ3n) is 1.26. The minimum Gasteiger partial charge on any atom is -0.320 e. The van der Waals surface area contributed by atoms with E-state index < -0.39 is 6.04 Å². The van der Waals surface area contributed by atoms with Crippen molar-refractivity contribution in [3.8, 4) is 0 Å². The first-order valence-electron chi connectivity index (χ1n) is 3.66. The molecule has 11 heavy (non-hydrogen) atoms. The van der Waals surface area contributed by atoms with Gasteiger partial charge in [0.05, 0.1) is 13.2 Å².